The largest absolute Gasteiger partial charge is 0.345 e. The molecule has 7 heteroatoms. The second-order valence-electron chi connectivity index (χ2n) is 4.49. The third kappa shape index (κ3) is 3.04. The van der Waals surface area contributed by atoms with Crippen LogP contribution in [0.3, 0.4) is 0 Å². The molecule has 1 aromatic heterocycles. The number of carbonyl (C=O) groups is 1. The summed E-state index contributed by atoms with van der Waals surface area (Å²) in [7, 11) is 1.58. The van der Waals surface area contributed by atoms with Gasteiger partial charge in [0.15, 0.2) is 0 Å². The van der Waals surface area contributed by atoms with Gasteiger partial charge in [-0.3, -0.25) is 14.9 Å². The molecule has 94 valence electrons. The first kappa shape index (κ1) is 13.2. The van der Waals surface area contributed by atoms with Crippen molar-refractivity contribution in [3.05, 3.63) is 28.1 Å². The minimum Gasteiger partial charge on any atom is -0.345 e. The predicted molar refractivity (Wildman–Crippen MR) is 62.7 cm³/mol. The van der Waals surface area contributed by atoms with Gasteiger partial charge in [0, 0.05) is 25.2 Å². The maximum Gasteiger partial charge on any atom is 0.287 e. The van der Waals surface area contributed by atoms with Gasteiger partial charge in [0.2, 0.25) is 0 Å². The van der Waals surface area contributed by atoms with E-state index in [-0.39, 0.29) is 23.8 Å². The van der Waals surface area contributed by atoms with Crippen molar-refractivity contribution >= 4 is 11.6 Å². The first-order chi connectivity index (χ1) is 7.76. The summed E-state index contributed by atoms with van der Waals surface area (Å²) in [6.45, 7) is 3.84. The number of nitrogens with one attached hydrogen (secondary N) is 1. The Morgan fingerprint density at radius 3 is 2.65 bits per heavy atom. The number of amides is 1. The van der Waals surface area contributed by atoms with Gasteiger partial charge in [-0.15, -0.1) is 0 Å². The fourth-order valence-corrected chi connectivity index (χ4v) is 1.30. The molecule has 0 aliphatic carbocycles. The quantitative estimate of drug-likeness (QED) is 0.587. The molecule has 0 aliphatic rings. The Balaban J connectivity index is 2.93. The normalized spacial score (nSPS) is 11.3. The van der Waals surface area contributed by atoms with Gasteiger partial charge in [0.05, 0.1) is 11.1 Å². The summed E-state index contributed by atoms with van der Waals surface area (Å²) in [5.74, 6) is -0.379. The van der Waals surface area contributed by atoms with Crippen LogP contribution in [-0.2, 0) is 7.05 Å². The Hall–Kier alpha value is -1.89. The van der Waals surface area contributed by atoms with E-state index in [0.29, 0.717) is 0 Å². The third-order valence-corrected chi connectivity index (χ3v) is 2.40. The molecular weight excluding hydrogens is 224 g/mol. The summed E-state index contributed by atoms with van der Waals surface area (Å²) in [6.07, 6.45) is 1.30. The molecule has 1 amide bonds. The zero-order chi connectivity index (χ0) is 13.2. The average Bonchev–Trinajstić information content (AvgIpc) is 2.60. The average molecular weight is 240 g/mol. The fraction of sp³-hybridized carbons (Fsp3) is 0.500. The van der Waals surface area contributed by atoms with Gasteiger partial charge in [-0.1, -0.05) is 0 Å². The van der Waals surface area contributed by atoms with Crippen LogP contribution in [0.4, 0.5) is 5.69 Å². The van der Waals surface area contributed by atoms with Crippen LogP contribution in [0.2, 0.25) is 0 Å². The van der Waals surface area contributed by atoms with E-state index in [0.717, 1.165) is 0 Å². The molecule has 0 radical (unpaired) electrons. The standard InChI is InChI=1S/C10H16N4O3/c1-10(2,6-11)12-9(15)8-4-7(14(16)17)5-13(8)3/h4-5H,6,11H2,1-3H3,(H,12,15). The molecule has 0 aliphatic heterocycles. The number of hydrogen-bond acceptors (Lipinski definition) is 4. The van der Waals surface area contributed by atoms with Crippen LogP contribution < -0.4 is 11.1 Å². The number of nitrogens with zero attached hydrogens (tertiary/aromatic N) is 2. The van der Waals surface area contributed by atoms with Crippen LogP contribution in [0.1, 0.15) is 24.3 Å². The minimum atomic E-state index is -0.546. The molecule has 3 N–H and O–H groups in total. The van der Waals surface area contributed by atoms with E-state index >= 15 is 0 Å². The predicted octanol–water partition coefficient (Wildman–Crippen LogP) is 0.400. The number of hydrogen-bond donors (Lipinski definition) is 2. The number of aromatic nitrogens is 1. The van der Waals surface area contributed by atoms with Crippen LogP contribution in [0.15, 0.2) is 12.3 Å². The van der Waals surface area contributed by atoms with Crippen molar-refractivity contribution in [3.63, 3.8) is 0 Å². The molecule has 0 saturated carbocycles. The Bertz CT molecular complexity index is 450. The van der Waals surface area contributed by atoms with E-state index in [1.54, 1.807) is 20.9 Å². The van der Waals surface area contributed by atoms with Crippen molar-refractivity contribution in [2.24, 2.45) is 12.8 Å². The number of carbonyl (C=O) groups excluding carboxylic acids is 1. The number of nitro groups is 1. The first-order valence-corrected chi connectivity index (χ1v) is 5.10. The molecular formula is C10H16N4O3. The lowest BCUT2D eigenvalue weighted by Crippen LogP contribution is -2.49. The summed E-state index contributed by atoms with van der Waals surface area (Å²) in [5, 5.41) is 13.3. The van der Waals surface area contributed by atoms with Crippen molar-refractivity contribution in [2.45, 2.75) is 19.4 Å². The SMILES string of the molecule is Cn1cc([N+](=O)[O-])cc1C(=O)NC(C)(C)CN. The van der Waals surface area contributed by atoms with Crippen LogP contribution >= 0.6 is 0 Å². The van der Waals surface area contributed by atoms with Crippen molar-refractivity contribution in [1.82, 2.24) is 9.88 Å². The molecule has 0 atom stereocenters. The van der Waals surface area contributed by atoms with Crippen molar-refractivity contribution in [2.75, 3.05) is 6.54 Å². The van der Waals surface area contributed by atoms with Gasteiger partial charge < -0.3 is 15.6 Å². The number of nitrogens with two attached hydrogens (primary N) is 1. The molecule has 1 heterocycles. The summed E-state index contributed by atoms with van der Waals surface area (Å²) < 4.78 is 1.42. The Kier molecular flexibility index (Phi) is 3.52. The van der Waals surface area contributed by atoms with E-state index in [9.17, 15) is 14.9 Å². The zero-order valence-corrected chi connectivity index (χ0v) is 10.1. The molecule has 7 nitrogen and oxygen atoms in total. The summed E-state index contributed by atoms with van der Waals surface area (Å²) in [5.41, 5.74) is 5.08. The Morgan fingerprint density at radius 1 is 1.65 bits per heavy atom. The molecule has 17 heavy (non-hydrogen) atoms. The van der Waals surface area contributed by atoms with E-state index in [1.165, 1.54) is 16.8 Å². The van der Waals surface area contributed by atoms with Gasteiger partial charge in [-0.2, -0.15) is 0 Å². The monoisotopic (exact) mass is 240 g/mol. The highest BCUT2D eigenvalue weighted by atomic mass is 16.6. The molecule has 0 fully saturated rings. The number of rotatable bonds is 4. The lowest BCUT2D eigenvalue weighted by molar-refractivity contribution is -0.384. The highest BCUT2D eigenvalue weighted by Gasteiger charge is 2.23. The molecule has 0 spiro atoms. The maximum atomic E-state index is 11.9. The summed E-state index contributed by atoms with van der Waals surface area (Å²) in [4.78, 5) is 21.9. The lowest BCUT2D eigenvalue weighted by atomic mass is 10.1. The highest BCUT2D eigenvalue weighted by molar-refractivity contribution is 5.94. The van der Waals surface area contributed by atoms with Crippen LogP contribution in [-0.4, -0.2) is 27.5 Å². The topological polar surface area (TPSA) is 103 Å². The maximum absolute atomic E-state index is 11.9. The smallest absolute Gasteiger partial charge is 0.287 e. The van der Waals surface area contributed by atoms with E-state index in [4.69, 9.17) is 5.73 Å². The second kappa shape index (κ2) is 4.54. The Labute approximate surface area is 98.7 Å². The van der Waals surface area contributed by atoms with Crippen LogP contribution in [0.5, 0.6) is 0 Å². The van der Waals surface area contributed by atoms with Crippen LogP contribution in [0.25, 0.3) is 0 Å². The molecule has 1 rings (SSSR count). The van der Waals surface area contributed by atoms with Gasteiger partial charge in [0.25, 0.3) is 11.6 Å². The third-order valence-electron chi connectivity index (χ3n) is 2.40. The molecule has 0 bridgehead atoms. The molecule has 1 aromatic rings. The minimum absolute atomic E-state index is 0.108. The second-order valence-corrected chi connectivity index (χ2v) is 4.49. The number of aryl methyl sites for hydroxylation is 1. The van der Waals surface area contributed by atoms with Crippen molar-refractivity contribution in [3.8, 4) is 0 Å². The molecule has 0 saturated heterocycles. The van der Waals surface area contributed by atoms with E-state index in [2.05, 4.69) is 5.32 Å². The van der Waals surface area contributed by atoms with Gasteiger partial charge >= 0.3 is 0 Å². The van der Waals surface area contributed by atoms with Crippen LogP contribution in [0, 0.1) is 10.1 Å². The van der Waals surface area contributed by atoms with Crippen molar-refractivity contribution in [1.29, 1.82) is 0 Å². The summed E-state index contributed by atoms with van der Waals surface area (Å²) in [6, 6.07) is 1.24. The lowest BCUT2D eigenvalue weighted by Gasteiger charge is -2.24. The molecule has 0 unspecified atom stereocenters. The van der Waals surface area contributed by atoms with Gasteiger partial charge in [-0.25, -0.2) is 0 Å². The molecule has 0 aromatic carbocycles. The highest BCUT2D eigenvalue weighted by Crippen LogP contribution is 2.15. The van der Waals surface area contributed by atoms with E-state index < -0.39 is 10.5 Å². The zero-order valence-electron chi connectivity index (χ0n) is 10.1. The fourth-order valence-electron chi connectivity index (χ4n) is 1.30. The Morgan fingerprint density at radius 2 is 2.24 bits per heavy atom. The van der Waals surface area contributed by atoms with Crippen molar-refractivity contribution < 1.29 is 9.72 Å². The van der Waals surface area contributed by atoms with Gasteiger partial charge in [0.1, 0.15) is 5.69 Å². The first-order valence-electron chi connectivity index (χ1n) is 5.10. The summed E-state index contributed by atoms with van der Waals surface area (Å²) >= 11 is 0. The van der Waals surface area contributed by atoms with Gasteiger partial charge in [-0.05, 0) is 13.8 Å². The van der Waals surface area contributed by atoms with E-state index in [1.807, 2.05) is 0 Å².